The van der Waals surface area contributed by atoms with Gasteiger partial charge in [-0.1, -0.05) is 42.5 Å². The lowest BCUT2D eigenvalue weighted by molar-refractivity contribution is 0.459. The minimum atomic E-state index is -0.126. The summed E-state index contributed by atoms with van der Waals surface area (Å²) >= 11 is 0. The number of hydrogen-bond donors (Lipinski definition) is 2. The zero-order valence-corrected chi connectivity index (χ0v) is 12.3. The van der Waals surface area contributed by atoms with Crippen molar-refractivity contribution >= 4 is 0 Å². The summed E-state index contributed by atoms with van der Waals surface area (Å²) in [5.41, 5.74) is 3.09. The molecule has 110 valence electrons. The predicted octanol–water partition coefficient (Wildman–Crippen LogP) is 3.33. The molecule has 1 aliphatic heterocycles. The van der Waals surface area contributed by atoms with Crippen molar-refractivity contribution in [1.82, 2.24) is 10.6 Å². The highest BCUT2D eigenvalue weighted by molar-refractivity contribution is 5.27. The molecule has 0 aliphatic carbocycles. The van der Waals surface area contributed by atoms with Crippen molar-refractivity contribution in [3.05, 3.63) is 71.0 Å². The molecule has 1 fully saturated rings. The van der Waals surface area contributed by atoms with Gasteiger partial charge in [-0.15, -0.1) is 0 Å². The Kier molecular flexibility index (Phi) is 4.32. The SMILES string of the molecule is Cc1c(F)cccc1CNC1CCNC1c1ccccc1. The van der Waals surface area contributed by atoms with Gasteiger partial charge in [-0.05, 0) is 42.6 Å². The molecule has 2 N–H and O–H groups in total. The normalized spacial score (nSPS) is 21.6. The number of rotatable bonds is 4. The molecule has 1 saturated heterocycles. The number of halogens is 1. The molecule has 21 heavy (non-hydrogen) atoms. The van der Waals surface area contributed by atoms with E-state index in [4.69, 9.17) is 0 Å². The summed E-state index contributed by atoms with van der Waals surface area (Å²) in [6.07, 6.45) is 1.09. The van der Waals surface area contributed by atoms with Gasteiger partial charge in [0.25, 0.3) is 0 Å². The van der Waals surface area contributed by atoms with Crippen LogP contribution < -0.4 is 10.6 Å². The standard InChI is InChI=1S/C18H21FN2/c1-13-15(8-5-9-16(13)19)12-21-17-10-11-20-18(17)14-6-3-2-4-7-14/h2-9,17-18,20-21H,10-12H2,1H3. The highest BCUT2D eigenvalue weighted by Gasteiger charge is 2.27. The third-order valence-electron chi connectivity index (χ3n) is 4.32. The van der Waals surface area contributed by atoms with Crippen molar-refractivity contribution in [2.45, 2.75) is 32.0 Å². The minimum absolute atomic E-state index is 0.126. The van der Waals surface area contributed by atoms with E-state index >= 15 is 0 Å². The summed E-state index contributed by atoms with van der Waals surface area (Å²) < 4.78 is 13.6. The fourth-order valence-electron chi connectivity index (χ4n) is 3.02. The van der Waals surface area contributed by atoms with E-state index in [9.17, 15) is 4.39 Å². The average Bonchev–Trinajstić information content (AvgIpc) is 2.98. The van der Waals surface area contributed by atoms with Crippen LogP contribution in [0.2, 0.25) is 0 Å². The van der Waals surface area contributed by atoms with Gasteiger partial charge in [-0.2, -0.15) is 0 Å². The van der Waals surface area contributed by atoms with Crippen LogP contribution in [0.5, 0.6) is 0 Å². The second kappa shape index (κ2) is 6.37. The van der Waals surface area contributed by atoms with Crippen molar-refractivity contribution in [2.75, 3.05) is 6.54 Å². The van der Waals surface area contributed by atoms with Crippen molar-refractivity contribution in [3.63, 3.8) is 0 Å². The highest BCUT2D eigenvalue weighted by Crippen LogP contribution is 2.24. The Morgan fingerprint density at radius 2 is 1.95 bits per heavy atom. The second-order valence-corrected chi connectivity index (χ2v) is 5.64. The molecule has 0 radical (unpaired) electrons. The summed E-state index contributed by atoms with van der Waals surface area (Å²) in [5, 5.41) is 7.13. The Bertz CT molecular complexity index is 597. The lowest BCUT2D eigenvalue weighted by Gasteiger charge is -2.22. The lowest BCUT2D eigenvalue weighted by atomic mass is 10.00. The number of hydrogen-bond acceptors (Lipinski definition) is 2. The zero-order valence-electron chi connectivity index (χ0n) is 12.3. The highest BCUT2D eigenvalue weighted by atomic mass is 19.1. The molecule has 0 bridgehead atoms. The smallest absolute Gasteiger partial charge is 0.126 e. The molecular weight excluding hydrogens is 263 g/mol. The largest absolute Gasteiger partial charge is 0.309 e. The molecule has 0 amide bonds. The quantitative estimate of drug-likeness (QED) is 0.900. The van der Waals surface area contributed by atoms with E-state index in [1.54, 1.807) is 6.07 Å². The van der Waals surface area contributed by atoms with Crippen LogP contribution in [-0.2, 0) is 6.54 Å². The van der Waals surface area contributed by atoms with Gasteiger partial charge in [0.2, 0.25) is 0 Å². The summed E-state index contributed by atoms with van der Waals surface area (Å²) in [6.45, 7) is 3.56. The molecule has 0 aromatic heterocycles. The Balaban J connectivity index is 1.68. The Morgan fingerprint density at radius 1 is 1.14 bits per heavy atom. The first-order valence-corrected chi connectivity index (χ1v) is 7.51. The summed E-state index contributed by atoms with van der Waals surface area (Å²) in [6, 6.07) is 16.5. The van der Waals surface area contributed by atoms with Gasteiger partial charge >= 0.3 is 0 Å². The van der Waals surface area contributed by atoms with Crippen LogP contribution in [0.3, 0.4) is 0 Å². The Morgan fingerprint density at radius 3 is 2.76 bits per heavy atom. The van der Waals surface area contributed by atoms with Crippen molar-refractivity contribution in [1.29, 1.82) is 0 Å². The topological polar surface area (TPSA) is 24.1 Å². The van der Waals surface area contributed by atoms with Crippen LogP contribution in [0.25, 0.3) is 0 Å². The van der Waals surface area contributed by atoms with Gasteiger partial charge < -0.3 is 10.6 Å². The molecule has 1 aliphatic rings. The average molecular weight is 284 g/mol. The first kappa shape index (κ1) is 14.2. The van der Waals surface area contributed by atoms with Crippen LogP contribution in [-0.4, -0.2) is 12.6 Å². The van der Waals surface area contributed by atoms with E-state index in [2.05, 4.69) is 34.9 Å². The van der Waals surface area contributed by atoms with Crippen LogP contribution in [0, 0.1) is 12.7 Å². The van der Waals surface area contributed by atoms with E-state index in [1.807, 2.05) is 19.1 Å². The van der Waals surface area contributed by atoms with E-state index in [0.717, 1.165) is 24.1 Å². The molecule has 2 unspecified atom stereocenters. The maximum Gasteiger partial charge on any atom is 0.126 e. The first-order valence-electron chi connectivity index (χ1n) is 7.51. The fourth-order valence-corrected chi connectivity index (χ4v) is 3.02. The van der Waals surface area contributed by atoms with Crippen LogP contribution >= 0.6 is 0 Å². The van der Waals surface area contributed by atoms with Gasteiger partial charge in [0.05, 0.1) is 0 Å². The summed E-state index contributed by atoms with van der Waals surface area (Å²) in [4.78, 5) is 0. The van der Waals surface area contributed by atoms with Gasteiger partial charge in [0.15, 0.2) is 0 Å². The van der Waals surface area contributed by atoms with Gasteiger partial charge in [-0.3, -0.25) is 0 Å². The molecule has 3 heteroatoms. The third kappa shape index (κ3) is 3.14. The van der Waals surface area contributed by atoms with Crippen LogP contribution in [0.1, 0.15) is 29.2 Å². The van der Waals surface area contributed by atoms with E-state index in [0.29, 0.717) is 18.6 Å². The predicted molar refractivity (Wildman–Crippen MR) is 83.6 cm³/mol. The van der Waals surface area contributed by atoms with Crippen LogP contribution in [0.15, 0.2) is 48.5 Å². The van der Waals surface area contributed by atoms with Crippen molar-refractivity contribution in [3.8, 4) is 0 Å². The maximum atomic E-state index is 13.6. The van der Waals surface area contributed by atoms with E-state index in [-0.39, 0.29) is 5.82 Å². The van der Waals surface area contributed by atoms with Crippen LogP contribution in [0.4, 0.5) is 4.39 Å². The monoisotopic (exact) mass is 284 g/mol. The van der Waals surface area contributed by atoms with Crippen molar-refractivity contribution < 1.29 is 4.39 Å². The molecular formula is C18H21FN2. The molecule has 0 saturated carbocycles. The van der Waals surface area contributed by atoms with E-state index in [1.165, 1.54) is 11.6 Å². The second-order valence-electron chi connectivity index (χ2n) is 5.64. The zero-order chi connectivity index (χ0) is 14.7. The molecule has 2 aromatic carbocycles. The van der Waals surface area contributed by atoms with Crippen molar-refractivity contribution in [2.24, 2.45) is 0 Å². The maximum absolute atomic E-state index is 13.6. The van der Waals surface area contributed by atoms with Gasteiger partial charge in [0.1, 0.15) is 5.82 Å². The fraction of sp³-hybridized carbons (Fsp3) is 0.333. The molecule has 2 nitrogen and oxygen atoms in total. The van der Waals surface area contributed by atoms with E-state index < -0.39 is 0 Å². The Labute approximate surface area is 125 Å². The number of nitrogens with one attached hydrogen (secondary N) is 2. The molecule has 1 heterocycles. The molecule has 3 rings (SSSR count). The minimum Gasteiger partial charge on any atom is -0.309 e. The summed E-state index contributed by atoms with van der Waals surface area (Å²) in [5.74, 6) is -0.126. The summed E-state index contributed by atoms with van der Waals surface area (Å²) in [7, 11) is 0. The van der Waals surface area contributed by atoms with Gasteiger partial charge in [-0.25, -0.2) is 4.39 Å². The molecule has 2 atom stereocenters. The third-order valence-corrected chi connectivity index (χ3v) is 4.32. The number of benzene rings is 2. The molecule has 0 spiro atoms. The first-order chi connectivity index (χ1) is 10.3. The van der Waals surface area contributed by atoms with Gasteiger partial charge in [0, 0.05) is 18.6 Å². The Hall–Kier alpha value is -1.71. The lowest BCUT2D eigenvalue weighted by Crippen LogP contribution is -2.34. The molecule has 2 aromatic rings.